The maximum absolute atomic E-state index is 12.1. The molecule has 2 heteroatoms. The predicted molar refractivity (Wildman–Crippen MR) is 92.1 cm³/mol. The van der Waals surface area contributed by atoms with Gasteiger partial charge >= 0.3 is 5.97 Å². The molecule has 1 N–H and O–H groups in total. The molecule has 2 nitrogen and oxygen atoms in total. The molecule has 0 aliphatic heterocycles. The Morgan fingerprint density at radius 3 is 2.48 bits per heavy atom. The highest BCUT2D eigenvalue weighted by Gasteiger charge is 2.66. The summed E-state index contributed by atoms with van der Waals surface area (Å²) in [5, 5.41) is 9.95. The van der Waals surface area contributed by atoms with Crippen LogP contribution < -0.4 is 0 Å². The van der Waals surface area contributed by atoms with Crippen LogP contribution in [0.1, 0.15) is 78.6 Å². The minimum Gasteiger partial charge on any atom is -0.481 e. The van der Waals surface area contributed by atoms with Crippen molar-refractivity contribution in [3.05, 3.63) is 12.2 Å². The lowest BCUT2D eigenvalue weighted by Gasteiger charge is -2.63. The van der Waals surface area contributed by atoms with E-state index in [2.05, 4.69) is 20.4 Å². The first-order valence-electron chi connectivity index (χ1n) is 9.58. The predicted octanol–water partition coefficient (Wildman–Crippen LogP) is 5.43. The first-order chi connectivity index (χ1) is 10.7. The Morgan fingerprint density at radius 2 is 1.78 bits per heavy atom. The van der Waals surface area contributed by atoms with Crippen molar-refractivity contribution in [3.8, 4) is 0 Å². The second-order valence-electron chi connectivity index (χ2n) is 10.1. The van der Waals surface area contributed by atoms with E-state index >= 15 is 0 Å². The van der Waals surface area contributed by atoms with Crippen LogP contribution in [0, 0.1) is 33.5 Å². The van der Waals surface area contributed by atoms with Crippen LogP contribution in [0.5, 0.6) is 0 Å². The zero-order chi connectivity index (χ0) is 16.7. The van der Waals surface area contributed by atoms with E-state index in [9.17, 15) is 9.90 Å². The van der Waals surface area contributed by atoms with Crippen molar-refractivity contribution in [3.63, 3.8) is 0 Å². The zero-order valence-corrected chi connectivity index (χ0v) is 15.1. The molecule has 4 aliphatic carbocycles. The monoisotopic (exact) mass is 316 g/mol. The van der Waals surface area contributed by atoms with Gasteiger partial charge in [0.1, 0.15) is 0 Å². The number of carbonyl (C=O) groups is 1. The fraction of sp³-hybridized carbons (Fsp3) is 0.857. The third kappa shape index (κ3) is 1.79. The van der Waals surface area contributed by atoms with Crippen LogP contribution >= 0.6 is 0 Å². The van der Waals surface area contributed by atoms with Gasteiger partial charge in [0.25, 0.3) is 0 Å². The van der Waals surface area contributed by atoms with Gasteiger partial charge in [0.2, 0.25) is 0 Å². The molecule has 4 fully saturated rings. The minimum atomic E-state index is -0.555. The standard InChI is InChI=1S/C21H32O2/c1-14-12-21-11-7-15-19(3,8-5-9-20(15,4)17(22)23)16(21)6-10-18(14,2)13-21/h15-16H,1,5-13H2,2-4H3,(H,22,23). The molecule has 0 radical (unpaired) electrons. The van der Waals surface area contributed by atoms with Gasteiger partial charge in [-0.3, -0.25) is 4.79 Å². The first kappa shape index (κ1) is 15.7. The summed E-state index contributed by atoms with van der Waals surface area (Å²) in [5.41, 5.74) is 2.00. The van der Waals surface area contributed by atoms with Crippen LogP contribution in [0.25, 0.3) is 0 Å². The number of carboxylic acid groups (broad SMARTS) is 1. The van der Waals surface area contributed by atoms with E-state index in [4.69, 9.17) is 0 Å². The van der Waals surface area contributed by atoms with Gasteiger partial charge in [-0.1, -0.05) is 32.4 Å². The van der Waals surface area contributed by atoms with Gasteiger partial charge in [0.05, 0.1) is 5.41 Å². The van der Waals surface area contributed by atoms with E-state index in [0.717, 1.165) is 19.3 Å². The molecule has 0 amide bonds. The highest BCUT2D eigenvalue weighted by Crippen LogP contribution is 2.74. The molecule has 0 aromatic rings. The molecule has 4 aliphatic rings. The van der Waals surface area contributed by atoms with Gasteiger partial charge in [-0.2, -0.15) is 0 Å². The van der Waals surface area contributed by atoms with E-state index in [1.165, 1.54) is 44.1 Å². The van der Waals surface area contributed by atoms with Gasteiger partial charge in [0.15, 0.2) is 0 Å². The molecule has 128 valence electrons. The van der Waals surface area contributed by atoms with Crippen molar-refractivity contribution in [2.75, 3.05) is 0 Å². The van der Waals surface area contributed by atoms with Crippen LogP contribution in [0.2, 0.25) is 0 Å². The second kappa shape index (κ2) is 4.43. The highest BCUT2D eigenvalue weighted by molar-refractivity contribution is 5.75. The van der Waals surface area contributed by atoms with Crippen LogP contribution in [0.3, 0.4) is 0 Å². The Morgan fingerprint density at radius 1 is 1.09 bits per heavy atom. The summed E-state index contributed by atoms with van der Waals surface area (Å²) in [6, 6.07) is 0. The van der Waals surface area contributed by atoms with E-state index in [1.54, 1.807) is 0 Å². The van der Waals surface area contributed by atoms with Crippen LogP contribution in [0.4, 0.5) is 0 Å². The topological polar surface area (TPSA) is 37.3 Å². The molecule has 6 unspecified atom stereocenters. The maximum Gasteiger partial charge on any atom is 0.309 e. The fourth-order valence-electron chi connectivity index (χ4n) is 7.93. The number of hydrogen-bond acceptors (Lipinski definition) is 1. The van der Waals surface area contributed by atoms with Crippen LogP contribution in [-0.2, 0) is 4.79 Å². The summed E-state index contributed by atoms with van der Waals surface area (Å²) in [6.45, 7) is 11.4. The van der Waals surface area contributed by atoms with Crippen molar-refractivity contribution in [2.45, 2.75) is 78.6 Å². The number of fused-ring (bicyclic) bond motifs is 3. The largest absolute Gasteiger partial charge is 0.481 e. The molecular formula is C21H32O2. The summed E-state index contributed by atoms with van der Waals surface area (Å²) in [5.74, 6) is 0.510. The Hall–Kier alpha value is -0.790. The molecule has 0 aromatic carbocycles. The van der Waals surface area contributed by atoms with Gasteiger partial charge in [-0.05, 0) is 86.4 Å². The molecule has 0 heterocycles. The number of hydrogen-bond donors (Lipinski definition) is 1. The third-order valence-corrected chi connectivity index (χ3v) is 9.08. The Balaban J connectivity index is 1.76. The van der Waals surface area contributed by atoms with E-state index < -0.39 is 11.4 Å². The Bertz CT molecular complexity index is 580. The molecule has 0 saturated heterocycles. The molecule has 4 rings (SSSR count). The van der Waals surface area contributed by atoms with Crippen LogP contribution in [0.15, 0.2) is 12.2 Å². The van der Waals surface area contributed by atoms with Crippen molar-refractivity contribution in [1.82, 2.24) is 0 Å². The van der Waals surface area contributed by atoms with Crippen molar-refractivity contribution >= 4 is 5.97 Å². The van der Waals surface area contributed by atoms with Crippen molar-refractivity contribution < 1.29 is 9.90 Å². The summed E-state index contributed by atoms with van der Waals surface area (Å²) in [4.78, 5) is 12.1. The molecule has 1 spiro atoms. The smallest absolute Gasteiger partial charge is 0.309 e. The summed E-state index contributed by atoms with van der Waals surface area (Å²) in [7, 11) is 0. The molecule has 0 aromatic heterocycles. The van der Waals surface area contributed by atoms with Gasteiger partial charge in [0, 0.05) is 0 Å². The Kier molecular flexibility index (Phi) is 3.03. The Labute approximate surface area is 140 Å². The summed E-state index contributed by atoms with van der Waals surface area (Å²) < 4.78 is 0. The van der Waals surface area contributed by atoms with E-state index in [0.29, 0.717) is 22.7 Å². The first-order valence-corrected chi connectivity index (χ1v) is 9.58. The molecule has 2 bridgehead atoms. The highest BCUT2D eigenvalue weighted by atomic mass is 16.4. The number of aliphatic carboxylic acids is 1. The number of allylic oxidation sites excluding steroid dienone is 1. The lowest BCUT2D eigenvalue weighted by atomic mass is 9.40. The second-order valence-corrected chi connectivity index (χ2v) is 10.1. The van der Waals surface area contributed by atoms with Crippen LogP contribution in [-0.4, -0.2) is 11.1 Å². The number of rotatable bonds is 1. The third-order valence-electron chi connectivity index (χ3n) is 9.08. The average molecular weight is 316 g/mol. The van der Waals surface area contributed by atoms with Gasteiger partial charge < -0.3 is 5.11 Å². The fourth-order valence-corrected chi connectivity index (χ4v) is 7.93. The number of carboxylic acids is 1. The zero-order valence-electron chi connectivity index (χ0n) is 15.1. The molecular weight excluding hydrogens is 284 g/mol. The molecule has 6 atom stereocenters. The quantitative estimate of drug-likeness (QED) is 0.655. The van der Waals surface area contributed by atoms with E-state index in [-0.39, 0.29) is 5.41 Å². The maximum atomic E-state index is 12.1. The summed E-state index contributed by atoms with van der Waals surface area (Å²) in [6.07, 6.45) is 10.6. The van der Waals surface area contributed by atoms with Crippen molar-refractivity contribution in [1.29, 1.82) is 0 Å². The molecule has 4 saturated carbocycles. The van der Waals surface area contributed by atoms with E-state index in [1.807, 2.05) is 6.92 Å². The normalized spacial score (nSPS) is 55.2. The average Bonchev–Trinajstić information content (AvgIpc) is 2.63. The van der Waals surface area contributed by atoms with Crippen molar-refractivity contribution in [2.24, 2.45) is 33.5 Å². The SMILES string of the molecule is C=C1CC23CCC4C(C)(C(=O)O)CCCC4(C)C2CCC1(C)C3. The van der Waals surface area contributed by atoms with Gasteiger partial charge in [-0.25, -0.2) is 0 Å². The molecule has 23 heavy (non-hydrogen) atoms. The minimum absolute atomic E-state index is 0.218. The lowest BCUT2D eigenvalue weighted by molar-refractivity contribution is -0.182. The lowest BCUT2D eigenvalue weighted by Crippen LogP contribution is -2.58. The summed E-state index contributed by atoms with van der Waals surface area (Å²) >= 11 is 0. The van der Waals surface area contributed by atoms with Gasteiger partial charge in [-0.15, -0.1) is 0 Å².